The van der Waals surface area contributed by atoms with Gasteiger partial charge >= 0.3 is 6.09 Å². The standard InChI is InChI=1S/C12H22N2O2/c1-12(2,3)16-11(15)14-6-8-4-5-10(13)9(8)7-14/h8-10H,4-7,13H2,1-3H3/t8?,9?,10-/m0/s1. The molecule has 4 nitrogen and oxygen atoms in total. The first kappa shape index (κ1) is 11.7. The van der Waals surface area contributed by atoms with E-state index in [4.69, 9.17) is 10.5 Å². The fourth-order valence-corrected chi connectivity index (χ4v) is 2.78. The molecule has 0 aromatic heterocycles. The summed E-state index contributed by atoms with van der Waals surface area (Å²) in [6, 6.07) is 0.275. The van der Waals surface area contributed by atoms with Gasteiger partial charge in [0, 0.05) is 19.1 Å². The molecule has 1 aliphatic carbocycles. The van der Waals surface area contributed by atoms with E-state index in [1.54, 1.807) is 0 Å². The van der Waals surface area contributed by atoms with Gasteiger partial charge in [-0.1, -0.05) is 0 Å². The van der Waals surface area contributed by atoms with E-state index in [1.165, 1.54) is 0 Å². The Balaban J connectivity index is 1.92. The normalized spacial score (nSPS) is 34.0. The molecule has 2 fully saturated rings. The smallest absolute Gasteiger partial charge is 0.410 e. The molecule has 1 amide bonds. The lowest BCUT2D eigenvalue weighted by Crippen LogP contribution is -2.37. The van der Waals surface area contributed by atoms with Crippen LogP contribution in [0.25, 0.3) is 0 Å². The molecule has 1 aliphatic heterocycles. The van der Waals surface area contributed by atoms with E-state index in [-0.39, 0.29) is 12.1 Å². The fraction of sp³-hybridized carbons (Fsp3) is 0.917. The molecule has 1 heterocycles. The predicted octanol–water partition coefficient (Wildman–Crippen LogP) is 1.59. The van der Waals surface area contributed by atoms with Gasteiger partial charge in [-0.05, 0) is 45.4 Å². The number of carbonyl (C=O) groups is 1. The van der Waals surface area contributed by atoms with E-state index in [1.807, 2.05) is 25.7 Å². The monoisotopic (exact) mass is 226 g/mol. The Morgan fingerprint density at radius 2 is 2.00 bits per heavy atom. The molecule has 2 N–H and O–H groups in total. The number of nitrogens with zero attached hydrogens (tertiary/aromatic N) is 1. The van der Waals surface area contributed by atoms with Crippen LogP contribution in [0.4, 0.5) is 4.79 Å². The predicted molar refractivity (Wildman–Crippen MR) is 62.0 cm³/mol. The van der Waals surface area contributed by atoms with Crippen LogP contribution in [-0.4, -0.2) is 35.7 Å². The first-order chi connectivity index (χ1) is 7.37. The van der Waals surface area contributed by atoms with E-state index < -0.39 is 5.60 Å². The highest BCUT2D eigenvalue weighted by molar-refractivity contribution is 5.68. The zero-order valence-corrected chi connectivity index (χ0v) is 10.4. The summed E-state index contributed by atoms with van der Waals surface area (Å²) in [7, 11) is 0. The Morgan fingerprint density at radius 1 is 1.31 bits per heavy atom. The molecule has 0 bridgehead atoms. The Labute approximate surface area is 97.1 Å². The molecule has 3 atom stereocenters. The maximum absolute atomic E-state index is 11.9. The van der Waals surface area contributed by atoms with Crippen LogP contribution in [0.2, 0.25) is 0 Å². The van der Waals surface area contributed by atoms with Crippen LogP contribution < -0.4 is 5.73 Å². The summed E-state index contributed by atoms with van der Waals surface area (Å²) >= 11 is 0. The quantitative estimate of drug-likeness (QED) is 0.682. The summed E-state index contributed by atoms with van der Waals surface area (Å²) in [5, 5.41) is 0. The minimum atomic E-state index is -0.406. The zero-order chi connectivity index (χ0) is 11.9. The Morgan fingerprint density at radius 3 is 2.56 bits per heavy atom. The molecule has 2 aliphatic rings. The van der Waals surface area contributed by atoms with E-state index in [0.717, 1.165) is 25.9 Å². The maximum atomic E-state index is 11.9. The highest BCUT2D eigenvalue weighted by atomic mass is 16.6. The molecule has 2 unspecified atom stereocenters. The number of ether oxygens (including phenoxy) is 1. The third-order valence-corrected chi connectivity index (χ3v) is 3.56. The topological polar surface area (TPSA) is 55.6 Å². The first-order valence-corrected chi connectivity index (χ1v) is 6.10. The molecule has 1 saturated carbocycles. The van der Waals surface area contributed by atoms with Crippen LogP contribution in [-0.2, 0) is 4.74 Å². The SMILES string of the molecule is CC(C)(C)OC(=O)N1CC2CC[C@H](N)C2C1. The lowest BCUT2D eigenvalue weighted by molar-refractivity contribution is 0.0279. The fourth-order valence-electron chi connectivity index (χ4n) is 2.78. The van der Waals surface area contributed by atoms with Crippen molar-refractivity contribution < 1.29 is 9.53 Å². The van der Waals surface area contributed by atoms with Crippen LogP contribution in [0.1, 0.15) is 33.6 Å². The molecule has 0 spiro atoms. The molecule has 1 saturated heterocycles. The lowest BCUT2D eigenvalue weighted by atomic mass is 9.98. The van der Waals surface area contributed by atoms with Crippen molar-refractivity contribution in [1.29, 1.82) is 0 Å². The minimum Gasteiger partial charge on any atom is -0.444 e. The first-order valence-electron chi connectivity index (χ1n) is 6.10. The highest BCUT2D eigenvalue weighted by Gasteiger charge is 2.43. The summed E-state index contributed by atoms with van der Waals surface area (Å²) in [6.07, 6.45) is 2.08. The van der Waals surface area contributed by atoms with Gasteiger partial charge < -0.3 is 15.4 Å². The van der Waals surface area contributed by atoms with Gasteiger partial charge in [-0.3, -0.25) is 0 Å². The van der Waals surface area contributed by atoms with Gasteiger partial charge in [-0.15, -0.1) is 0 Å². The average Bonchev–Trinajstić information content (AvgIpc) is 2.65. The van der Waals surface area contributed by atoms with E-state index in [2.05, 4.69) is 0 Å². The van der Waals surface area contributed by atoms with Crippen LogP contribution in [0.15, 0.2) is 0 Å². The summed E-state index contributed by atoms with van der Waals surface area (Å²) in [4.78, 5) is 13.7. The summed E-state index contributed by atoms with van der Waals surface area (Å²) in [5.41, 5.74) is 5.62. The molecular weight excluding hydrogens is 204 g/mol. The number of rotatable bonds is 0. The van der Waals surface area contributed by atoms with Crippen LogP contribution in [0, 0.1) is 11.8 Å². The van der Waals surface area contributed by atoms with Gasteiger partial charge in [0.2, 0.25) is 0 Å². The number of hydrogen-bond donors (Lipinski definition) is 1. The average molecular weight is 226 g/mol. The van der Waals surface area contributed by atoms with Gasteiger partial charge in [0.15, 0.2) is 0 Å². The van der Waals surface area contributed by atoms with Gasteiger partial charge in [0.1, 0.15) is 5.60 Å². The summed E-state index contributed by atoms with van der Waals surface area (Å²) in [5.74, 6) is 1.09. The van der Waals surface area contributed by atoms with Crippen LogP contribution >= 0.6 is 0 Å². The maximum Gasteiger partial charge on any atom is 0.410 e. The van der Waals surface area contributed by atoms with Crippen molar-refractivity contribution in [3.8, 4) is 0 Å². The Bertz CT molecular complexity index is 285. The third-order valence-electron chi connectivity index (χ3n) is 3.56. The molecule has 0 aromatic carbocycles. The largest absolute Gasteiger partial charge is 0.444 e. The molecule has 0 radical (unpaired) electrons. The van der Waals surface area contributed by atoms with Crippen LogP contribution in [0.5, 0.6) is 0 Å². The van der Waals surface area contributed by atoms with Crippen molar-refractivity contribution in [3.63, 3.8) is 0 Å². The van der Waals surface area contributed by atoms with Crippen LogP contribution in [0.3, 0.4) is 0 Å². The van der Waals surface area contributed by atoms with Crippen molar-refractivity contribution in [2.75, 3.05) is 13.1 Å². The number of nitrogens with two attached hydrogens (primary N) is 1. The minimum absolute atomic E-state index is 0.186. The zero-order valence-electron chi connectivity index (χ0n) is 10.4. The highest BCUT2D eigenvalue weighted by Crippen LogP contribution is 2.37. The molecule has 2 rings (SSSR count). The van der Waals surface area contributed by atoms with Gasteiger partial charge in [-0.25, -0.2) is 4.79 Å². The summed E-state index contributed by atoms with van der Waals surface area (Å²) in [6.45, 7) is 7.29. The van der Waals surface area contributed by atoms with Gasteiger partial charge in [0.05, 0.1) is 0 Å². The molecule has 92 valence electrons. The van der Waals surface area contributed by atoms with Gasteiger partial charge in [0.25, 0.3) is 0 Å². The lowest BCUT2D eigenvalue weighted by Gasteiger charge is -2.25. The van der Waals surface area contributed by atoms with Crippen molar-refractivity contribution in [1.82, 2.24) is 4.90 Å². The molecular formula is C12H22N2O2. The molecule has 0 aromatic rings. The molecule has 4 heteroatoms. The number of fused-ring (bicyclic) bond motifs is 1. The van der Waals surface area contributed by atoms with Crippen molar-refractivity contribution in [2.45, 2.75) is 45.3 Å². The third kappa shape index (κ3) is 2.32. The van der Waals surface area contributed by atoms with Crippen molar-refractivity contribution >= 4 is 6.09 Å². The second-order valence-electron chi connectivity index (χ2n) is 6.05. The number of amides is 1. The molecule has 16 heavy (non-hydrogen) atoms. The van der Waals surface area contributed by atoms with E-state index >= 15 is 0 Å². The summed E-state index contributed by atoms with van der Waals surface area (Å²) < 4.78 is 5.37. The second kappa shape index (κ2) is 3.91. The van der Waals surface area contributed by atoms with Gasteiger partial charge in [-0.2, -0.15) is 0 Å². The van der Waals surface area contributed by atoms with Crippen molar-refractivity contribution in [3.05, 3.63) is 0 Å². The number of likely N-dealkylation sites (tertiary alicyclic amines) is 1. The number of hydrogen-bond acceptors (Lipinski definition) is 3. The van der Waals surface area contributed by atoms with E-state index in [9.17, 15) is 4.79 Å². The Kier molecular flexibility index (Phi) is 2.86. The number of carbonyl (C=O) groups excluding carboxylic acids is 1. The van der Waals surface area contributed by atoms with Crippen molar-refractivity contribution in [2.24, 2.45) is 17.6 Å². The Hall–Kier alpha value is -0.770. The van der Waals surface area contributed by atoms with E-state index in [0.29, 0.717) is 11.8 Å². The second-order valence-corrected chi connectivity index (χ2v) is 6.05.